The highest BCUT2D eigenvalue weighted by Crippen LogP contribution is 2.52. The van der Waals surface area contributed by atoms with Crippen LogP contribution in [0, 0.1) is 0 Å². The van der Waals surface area contributed by atoms with Crippen molar-refractivity contribution in [3.8, 4) is 22.6 Å². The molecular formula is C52H38O4. The van der Waals surface area contributed by atoms with Crippen LogP contribution in [0.5, 0.6) is 11.5 Å². The van der Waals surface area contributed by atoms with E-state index in [0.29, 0.717) is 22.6 Å². The Labute approximate surface area is 324 Å². The van der Waals surface area contributed by atoms with Crippen molar-refractivity contribution < 1.29 is 19.7 Å². The van der Waals surface area contributed by atoms with Crippen molar-refractivity contribution in [1.82, 2.24) is 0 Å². The van der Waals surface area contributed by atoms with Crippen molar-refractivity contribution in [1.29, 1.82) is 0 Å². The van der Waals surface area contributed by atoms with Gasteiger partial charge in [0.2, 0.25) is 0 Å². The predicted molar refractivity (Wildman–Crippen MR) is 231 cm³/mol. The van der Waals surface area contributed by atoms with Gasteiger partial charge < -0.3 is 19.7 Å². The first-order valence-corrected chi connectivity index (χ1v) is 18.9. The SMILES string of the molecule is COc1c(C(O)c2c3ccccc3cc3ccccc23)cc2ccccc2c1-c1c(OC)c(C(O)c2c3ccccc3cc3ccccc23)cc2ccccc12. The van der Waals surface area contributed by atoms with Crippen LogP contribution in [0.2, 0.25) is 0 Å². The van der Waals surface area contributed by atoms with E-state index >= 15 is 0 Å². The average Bonchev–Trinajstić information content (AvgIpc) is 3.25. The summed E-state index contributed by atoms with van der Waals surface area (Å²) in [5.41, 5.74) is 4.49. The van der Waals surface area contributed by atoms with Gasteiger partial charge in [-0.3, -0.25) is 0 Å². The number of hydrogen-bond donors (Lipinski definition) is 2. The summed E-state index contributed by atoms with van der Waals surface area (Å²) in [5, 5.41) is 37.5. The molecule has 4 nitrogen and oxygen atoms in total. The molecule has 10 aromatic rings. The van der Waals surface area contributed by atoms with Crippen LogP contribution in [0.4, 0.5) is 0 Å². The lowest BCUT2D eigenvalue weighted by Gasteiger charge is -2.26. The summed E-state index contributed by atoms with van der Waals surface area (Å²) in [6, 6.07) is 57.7. The second-order valence-corrected chi connectivity index (χ2v) is 14.5. The molecule has 0 spiro atoms. The third-order valence-electron chi connectivity index (χ3n) is 11.5. The number of hydrogen-bond acceptors (Lipinski definition) is 4. The highest BCUT2D eigenvalue weighted by Gasteiger charge is 2.30. The number of aliphatic hydroxyl groups is 2. The summed E-state index contributed by atoms with van der Waals surface area (Å²) in [5.74, 6) is 1.08. The monoisotopic (exact) mass is 726 g/mol. The van der Waals surface area contributed by atoms with Gasteiger partial charge in [0, 0.05) is 33.4 Å². The fraction of sp³-hybridized carbons (Fsp3) is 0.0769. The summed E-state index contributed by atoms with van der Waals surface area (Å²) in [6.45, 7) is 0. The molecule has 0 aliphatic rings. The lowest BCUT2D eigenvalue weighted by atomic mass is 9.83. The minimum atomic E-state index is -1.04. The van der Waals surface area contributed by atoms with E-state index in [4.69, 9.17) is 9.47 Å². The van der Waals surface area contributed by atoms with Crippen molar-refractivity contribution >= 4 is 64.6 Å². The number of methoxy groups -OCH3 is 2. The van der Waals surface area contributed by atoms with E-state index in [1.807, 2.05) is 72.8 Å². The molecule has 0 fully saturated rings. The molecule has 10 rings (SSSR count). The fourth-order valence-corrected chi connectivity index (χ4v) is 9.04. The van der Waals surface area contributed by atoms with Crippen LogP contribution in [0.1, 0.15) is 34.5 Å². The van der Waals surface area contributed by atoms with Gasteiger partial charge in [0.25, 0.3) is 0 Å². The number of ether oxygens (including phenoxy) is 2. The first-order chi connectivity index (χ1) is 27.6. The van der Waals surface area contributed by atoms with Gasteiger partial charge in [-0.05, 0) is 88.9 Å². The van der Waals surface area contributed by atoms with Gasteiger partial charge in [-0.25, -0.2) is 0 Å². The van der Waals surface area contributed by atoms with Gasteiger partial charge in [0.05, 0.1) is 14.2 Å². The molecule has 0 heterocycles. The summed E-state index contributed by atoms with van der Waals surface area (Å²) in [4.78, 5) is 0. The molecule has 0 saturated carbocycles. The maximum Gasteiger partial charge on any atom is 0.133 e. The molecule has 0 bridgehead atoms. The van der Waals surface area contributed by atoms with Gasteiger partial charge >= 0.3 is 0 Å². The van der Waals surface area contributed by atoms with Crippen molar-refractivity contribution in [3.05, 3.63) is 192 Å². The Bertz CT molecular complexity index is 2840. The first kappa shape index (κ1) is 33.8. The average molecular weight is 727 g/mol. The number of rotatable bonds is 7. The molecule has 0 radical (unpaired) electrons. The standard InChI is InChI=1S/C52H38O4/c1-55-51-43(49(53)45-37-21-9-3-15-31(37)27-32-16-4-10-22-38(32)45)29-35-19-7-13-25-41(35)47(51)48-42-26-14-8-20-36(42)30-44(52(48)56-2)50(54)46-39-23-11-5-17-33(39)28-34-18-6-12-24-40(34)46/h3-30,49-50,53-54H,1-2H3. The quantitative estimate of drug-likeness (QED) is 0.161. The molecule has 2 unspecified atom stereocenters. The van der Waals surface area contributed by atoms with Gasteiger partial charge in [-0.2, -0.15) is 0 Å². The Hall–Kier alpha value is -6.72. The molecule has 10 aromatic carbocycles. The van der Waals surface area contributed by atoms with Crippen LogP contribution in [0.15, 0.2) is 170 Å². The largest absolute Gasteiger partial charge is 0.496 e. The molecule has 0 aliphatic heterocycles. The van der Waals surface area contributed by atoms with E-state index < -0.39 is 12.2 Å². The molecule has 2 N–H and O–H groups in total. The Morgan fingerprint density at radius 2 is 0.589 bits per heavy atom. The van der Waals surface area contributed by atoms with Crippen LogP contribution >= 0.6 is 0 Å². The predicted octanol–water partition coefficient (Wildman–Crippen LogP) is 12.5. The van der Waals surface area contributed by atoms with Crippen LogP contribution in [0.3, 0.4) is 0 Å². The molecule has 2 atom stereocenters. The zero-order valence-electron chi connectivity index (χ0n) is 31.0. The molecular weight excluding hydrogens is 689 g/mol. The smallest absolute Gasteiger partial charge is 0.133 e. The highest BCUT2D eigenvalue weighted by atomic mass is 16.5. The lowest BCUT2D eigenvalue weighted by Crippen LogP contribution is -2.08. The van der Waals surface area contributed by atoms with Crippen molar-refractivity contribution in [3.63, 3.8) is 0 Å². The highest BCUT2D eigenvalue weighted by molar-refractivity contribution is 6.12. The third-order valence-corrected chi connectivity index (χ3v) is 11.5. The Morgan fingerprint density at radius 3 is 0.875 bits per heavy atom. The van der Waals surface area contributed by atoms with Crippen LogP contribution in [0.25, 0.3) is 75.8 Å². The minimum absolute atomic E-state index is 0.541. The van der Waals surface area contributed by atoms with Gasteiger partial charge in [-0.15, -0.1) is 0 Å². The lowest BCUT2D eigenvalue weighted by molar-refractivity contribution is 0.217. The summed E-state index contributed by atoms with van der Waals surface area (Å²) in [6.07, 6.45) is -2.09. The summed E-state index contributed by atoms with van der Waals surface area (Å²) >= 11 is 0. The zero-order chi connectivity index (χ0) is 37.9. The van der Waals surface area contributed by atoms with Crippen molar-refractivity contribution in [2.75, 3.05) is 14.2 Å². The number of benzene rings is 10. The molecule has 270 valence electrons. The molecule has 0 aromatic heterocycles. The van der Waals surface area contributed by atoms with E-state index in [2.05, 4.69) is 97.1 Å². The fourth-order valence-electron chi connectivity index (χ4n) is 9.04. The molecule has 4 heteroatoms. The van der Waals surface area contributed by atoms with Crippen LogP contribution in [-0.4, -0.2) is 24.4 Å². The minimum Gasteiger partial charge on any atom is -0.496 e. The number of fused-ring (bicyclic) bond motifs is 6. The maximum atomic E-state index is 12.8. The normalized spacial score (nSPS) is 12.9. The maximum absolute atomic E-state index is 12.8. The van der Waals surface area contributed by atoms with E-state index in [0.717, 1.165) is 86.9 Å². The van der Waals surface area contributed by atoms with E-state index in [1.165, 1.54) is 0 Å². The molecule has 56 heavy (non-hydrogen) atoms. The summed E-state index contributed by atoms with van der Waals surface area (Å²) < 4.78 is 13.0. The Morgan fingerprint density at radius 1 is 0.339 bits per heavy atom. The Kier molecular flexibility index (Phi) is 8.18. The molecule has 0 amide bonds. The van der Waals surface area contributed by atoms with Crippen LogP contribution in [-0.2, 0) is 0 Å². The third kappa shape index (κ3) is 5.22. The van der Waals surface area contributed by atoms with Gasteiger partial charge in [0.1, 0.15) is 23.7 Å². The van der Waals surface area contributed by atoms with E-state index in [9.17, 15) is 10.2 Å². The van der Waals surface area contributed by atoms with Crippen molar-refractivity contribution in [2.24, 2.45) is 0 Å². The number of aliphatic hydroxyl groups excluding tert-OH is 2. The second kappa shape index (κ2) is 13.5. The topological polar surface area (TPSA) is 58.9 Å². The Balaban J connectivity index is 1.30. The summed E-state index contributed by atoms with van der Waals surface area (Å²) in [7, 11) is 3.33. The van der Waals surface area contributed by atoms with E-state index in [1.54, 1.807) is 14.2 Å². The molecule has 0 saturated heterocycles. The zero-order valence-corrected chi connectivity index (χ0v) is 31.0. The first-order valence-electron chi connectivity index (χ1n) is 18.9. The van der Waals surface area contributed by atoms with Gasteiger partial charge in [0.15, 0.2) is 0 Å². The second-order valence-electron chi connectivity index (χ2n) is 14.5. The van der Waals surface area contributed by atoms with E-state index in [-0.39, 0.29) is 0 Å². The molecule has 0 aliphatic carbocycles. The van der Waals surface area contributed by atoms with Gasteiger partial charge in [-0.1, -0.05) is 146 Å². The van der Waals surface area contributed by atoms with Crippen molar-refractivity contribution in [2.45, 2.75) is 12.2 Å². The van der Waals surface area contributed by atoms with Crippen LogP contribution < -0.4 is 9.47 Å².